The van der Waals surface area contributed by atoms with Crippen molar-refractivity contribution < 1.29 is 19.1 Å². The standard InChI is InChI=1S/C22H25N3O4.ClH/c1-25-17(9-12-19(21(25)26)22(27)28-2)13-29-18-10-7-15(8-11-18)14-3-5-16(6-4-14)20(23)24;/h3-8,10-11,17,19H,9,12-13H2,1-2H3,(H3,23,24);1H/t17-,19-;/m0./s1. The molecule has 1 aliphatic rings. The summed E-state index contributed by atoms with van der Waals surface area (Å²) < 4.78 is 10.6. The summed E-state index contributed by atoms with van der Waals surface area (Å²) in [5, 5.41) is 7.45. The molecule has 1 heterocycles. The first kappa shape index (κ1) is 23.2. The van der Waals surface area contributed by atoms with Crippen LogP contribution in [0.3, 0.4) is 0 Å². The van der Waals surface area contributed by atoms with Crippen molar-refractivity contribution in [2.24, 2.45) is 11.7 Å². The van der Waals surface area contributed by atoms with Crippen LogP contribution in [0.15, 0.2) is 48.5 Å². The molecule has 2 atom stereocenters. The van der Waals surface area contributed by atoms with Crippen LogP contribution in [0.4, 0.5) is 0 Å². The van der Waals surface area contributed by atoms with Gasteiger partial charge in [0.15, 0.2) is 0 Å². The number of hydrogen-bond donors (Lipinski definition) is 2. The van der Waals surface area contributed by atoms with Gasteiger partial charge in [0.2, 0.25) is 5.91 Å². The van der Waals surface area contributed by atoms with Gasteiger partial charge in [0, 0.05) is 12.6 Å². The number of likely N-dealkylation sites (tertiary alicyclic amines) is 1. The van der Waals surface area contributed by atoms with Crippen LogP contribution >= 0.6 is 12.4 Å². The fraction of sp³-hybridized carbons (Fsp3) is 0.318. The van der Waals surface area contributed by atoms with Crippen molar-refractivity contribution in [3.63, 3.8) is 0 Å². The second-order valence-electron chi connectivity index (χ2n) is 7.08. The number of likely N-dealkylation sites (N-methyl/N-ethyl adjacent to an activating group) is 1. The van der Waals surface area contributed by atoms with Gasteiger partial charge in [0.25, 0.3) is 0 Å². The van der Waals surface area contributed by atoms with E-state index >= 15 is 0 Å². The zero-order valence-electron chi connectivity index (χ0n) is 17.0. The Morgan fingerprint density at radius 2 is 1.67 bits per heavy atom. The van der Waals surface area contributed by atoms with Gasteiger partial charge in [0.05, 0.1) is 13.2 Å². The highest BCUT2D eigenvalue weighted by atomic mass is 35.5. The van der Waals surface area contributed by atoms with Crippen molar-refractivity contribution in [3.05, 3.63) is 54.1 Å². The van der Waals surface area contributed by atoms with Crippen LogP contribution in [0.5, 0.6) is 5.75 Å². The number of benzene rings is 2. The van der Waals surface area contributed by atoms with Crippen molar-refractivity contribution in [2.45, 2.75) is 18.9 Å². The van der Waals surface area contributed by atoms with Crippen LogP contribution in [-0.4, -0.2) is 49.4 Å². The van der Waals surface area contributed by atoms with Crippen molar-refractivity contribution in [3.8, 4) is 16.9 Å². The van der Waals surface area contributed by atoms with E-state index in [1.54, 1.807) is 11.9 Å². The van der Waals surface area contributed by atoms with Gasteiger partial charge < -0.3 is 20.1 Å². The number of esters is 1. The number of carbonyl (C=O) groups excluding carboxylic acids is 2. The molecule has 1 amide bonds. The molecule has 0 unspecified atom stereocenters. The summed E-state index contributed by atoms with van der Waals surface area (Å²) in [7, 11) is 2.99. The molecule has 3 rings (SSSR count). The summed E-state index contributed by atoms with van der Waals surface area (Å²) in [6.07, 6.45) is 1.15. The first-order valence-electron chi connectivity index (χ1n) is 9.43. The molecule has 0 spiro atoms. The molecule has 0 radical (unpaired) electrons. The largest absolute Gasteiger partial charge is 0.491 e. The number of nitrogens with one attached hydrogen (secondary N) is 1. The third kappa shape index (κ3) is 5.10. The third-order valence-electron chi connectivity index (χ3n) is 5.29. The van der Waals surface area contributed by atoms with E-state index < -0.39 is 11.9 Å². The average Bonchev–Trinajstić information content (AvgIpc) is 2.74. The van der Waals surface area contributed by atoms with E-state index in [1.807, 2.05) is 48.5 Å². The molecule has 2 aromatic carbocycles. The van der Waals surface area contributed by atoms with E-state index in [-0.39, 0.29) is 30.2 Å². The van der Waals surface area contributed by atoms with Gasteiger partial charge in [-0.1, -0.05) is 36.4 Å². The minimum absolute atomic E-state index is 0. The molecule has 7 nitrogen and oxygen atoms in total. The van der Waals surface area contributed by atoms with Crippen LogP contribution in [0, 0.1) is 11.3 Å². The van der Waals surface area contributed by atoms with Crippen LogP contribution in [0.25, 0.3) is 11.1 Å². The van der Waals surface area contributed by atoms with Crippen molar-refractivity contribution in [1.82, 2.24) is 4.90 Å². The Hall–Kier alpha value is -3.06. The molecule has 1 saturated heterocycles. The highest BCUT2D eigenvalue weighted by Crippen LogP contribution is 2.26. The molecule has 1 aliphatic heterocycles. The summed E-state index contributed by atoms with van der Waals surface area (Å²) in [5.41, 5.74) is 8.22. The Labute approximate surface area is 182 Å². The van der Waals surface area contributed by atoms with Crippen LogP contribution in [0.2, 0.25) is 0 Å². The van der Waals surface area contributed by atoms with Gasteiger partial charge in [-0.25, -0.2) is 0 Å². The lowest BCUT2D eigenvalue weighted by molar-refractivity contribution is -0.157. The lowest BCUT2D eigenvalue weighted by Crippen LogP contribution is -2.50. The number of rotatable bonds is 6. The van der Waals surface area contributed by atoms with E-state index in [2.05, 4.69) is 0 Å². The van der Waals surface area contributed by atoms with Gasteiger partial charge in [-0.15, -0.1) is 12.4 Å². The zero-order valence-corrected chi connectivity index (χ0v) is 17.8. The predicted molar refractivity (Wildman–Crippen MR) is 117 cm³/mol. The topological polar surface area (TPSA) is 106 Å². The van der Waals surface area contributed by atoms with Gasteiger partial charge in [0.1, 0.15) is 24.1 Å². The normalized spacial score (nSPS) is 18.3. The minimum atomic E-state index is -0.713. The number of methoxy groups -OCH3 is 1. The van der Waals surface area contributed by atoms with Gasteiger partial charge in [-0.2, -0.15) is 0 Å². The van der Waals surface area contributed by atoms with Gasteiger partial charge in [-0.3, -0.25) is 15.0 Å². The van der Waals surface area contributed by atoms with Crippen LogP contribution < -0.4 is 10.5 Å². The number of halogens is 1. The maximum Gasteiger partial charge on any atom is 0.318 e. The molecule has 0 aromatic heterocycles. The molecule has 30 heavy (non-hydrogen) atoms. The van der Waals surface area contributed by atoms with E-state index in [0.29, 0.717) is 30.8 Å². The molecule has 0 aliphatic carbocycles. The summed E-state index contributed by atoms with van der Waals surface area (Å²) in [6, 6.07) is 15.1. The molecule has 0 bridgehead atoms. The smallest absolute Gasteiger partial charge is 0.318 e. The minimum Gasteiger partial charge on any atom is -0.491 e. The van der Waals surface area contributed by atoms with E-state index in [4.69, 9.17) is 20.6 Å². The van der Waals surface area contributed by atoms with Crippen molar-refractivity contribution in [1.29, 1.82) is 5.41 Å². The van der Waals surface area contributed by atoms with Crippen LogP contribution in [-0.2, 0) is 14.3 Å². The Morgan fingerprint density at radius 3 is 2.20 bits per heavy atom. The van der Waals surface area contributed by atoms with E-state index in [1.165, 1.54) is 7.11 Å². The molecular formula is C22H26ClN3O4. The number of piperidine rings is 1. The summed E-state index contributed by atoms with van der Waals surface area (Å²) in [5.74, 6) is -0.654. The maximum absolute atomic E-state index is 12.4. The molecular weight excluding hydrogens is 406 g/mol. The van der Waals surface area contributed by atoms with E-state index in [0.717, 1.165) is 11.1 Å². The average molecular weight is 432 g/mol. The first-order valence-corrected chi connectivity index (χ1v) is 9.43. The maximum atomic E-state index is 12.4. The van der Waals surface area contributed by atoms with Crippen molar-refractivity contribution >= 4 is 30.1 Å². The fourth-order valence-electron chi connectivity index (χ4n) is 3.44. The number of nitrogens with zero attached hydrogens (tertiary/aromatic N) is 1. The van der Waals surface area contributed by atoms with E-state index in [9.17, 15) is 9.59 Å². The van der Waals surface area contributed by atoms with Crippen molar-refractivity contribution in [2.75, 3.05) is 20.8 Å². The Bertz CT molecular complexity index is 900. The first-order chi connectivity index (χ1) is 13.9. The predicted octanol–water partition coefficient (Wildman–Crippen LogP) is 2.85. The number of hydrogen-bond acceptors (Lipinski definition) is 5. The third-order valence-corrected chi connectivity index (χ3v) is 5.29. The van der Waals surface area contributed by atoms with Gasteiger partial charge in [-0.05, 0) is 36.1 Å². The monoisotopic (exact) mass is 431 g/mol. The lowest BCUT2D eigenvalue weighted by Gasteiger charge is -2.35. The summed E-state index contributed by atoms with van der Waals surface area (Å²) in [4.78, 5) is 25.6. The molecule has 0 saturated carbocycles. The number of ether oxygens (including phenoxy) is 2. The Balaban J connectivity index is 0.00000320. The molecule has 8 heteroatoms. The fourth-order valence-corrected chi connectivity index (χ4v) is 3.44. The number of amidine groups is 1. The summed E-state index contributed by atoms with van der Waals surface area (Å²) in [6.45, 7) is 0.364. The Morgan fingerprint density at radius 1 is 1.10 bits per heavy atom. The summed E-state index contributed by atoms with van der Waals surface area (Å²) >= 11 is 0. The number of amides is 1. The Kier molecular flexibility index (Phi) is 7.83. The number of nitrogen functional groups attached to an aromatic ring is 1. The lowest BCUT2D eigenvalue weighted by atomic mass is 9.92. The molecule has 1 fully saturated rings. The highest BCUT2D eigenvalue weighted by Gasteiger charge is 2.38. The molecule has 160 valence electrons. The van der Waals surface area contributed by atoms with Crippen LogP contribution in [0.1, 0.15) is 18.4 Å². The zero-order chi connectivity index (χ0) is 21.0. The number of nitrogens with two attached hydrogens (primary N) is 1. The SMILES string of the molecule is COC(=O)[C@H]1CC[C@@H](COc2ccc(-c3ccc(C(=N)N)cc3)cc2)N(C)C1=O.Cl. The molecule has 3 N–H and O–H groups in total. The second kappa shape index (κ2) is 10.1. The second-order valence-corrected chi connectivity index (χ2v) is 7.08. The quantitative estimate of drug-likeness (QED) is 0.316. The van der Waals surface area contributed by atoms with Gasteiger partial charge >= 0.3 is 5.97 Å². The molecule has 2 aromatic rings. The number of carbonyl (C=O) groups is 2. The highest BCUT2D eigenvalue weighted by molar-refractivity contribution is 5.98.